The van der Waals surface area contributed by atoms with Crippen LogP contribution in [0, 0.1) is 0 Å². The number of H-pyrrole nitrogens is 1. The topological polar surface area (TPSA) is 98.1 Å². The third-order valence-electron chi connectivity index (χ3n) is 6.50. The standard InChI is InChI=1S/C17H18N4.C9H10.C8H8N4.CH4/c1-17(2,15-11-7-4-8-12-15)21-19-16(18-20-21)13-14-9-5-3-6-10-14;1-8(2)9-6-4-3-5-7-9;1-2-4-7(5-3-1)6-8-9-11-12-10-8;/h3-12H,13H2,1-2H3;3-7H,1H2,2H3;1-5H,6H2,(H,9,10,11,12);1H4. The number of allylic oxidation sites excluding steroid dienone is 1. The van der Waals surface area contributed by atoms with Gasteiger partial charge in [0.1, 0.15) is 5.54 Å². The Balaban J connectivity index is 0.000000195. The molecule has 0 spiro atoms. The van der Waals surface area contributed by atoms with E-state index in [-0.39, 0.29) is 13.0 Å². The normalized spacial score (nSPS) is 10.3. The van der Waals surface area contributed by atoms with Gasteiger partial charge in [-0.2, -0.15) is 10.0 Å². The van der Waals surface area contributed by atoms with E-state index in [1.807, 2.05) is 91.9 Å². The Labute approximate surface area is 254 Å². The summed E-state index contributed by atoms with van der Waals surface area (Å²) in [6.07, 6.45) is 1.43. The predicted molar refractivity (Wildman–Crippen MR) is 173 cm³/mol. The van der Waals surface area contributed by atoms with Crippen molar-refractivity contribution in [2.75, 3.05) is 0 Å². The molecule has 0 bridgehead atoms. The zero-order valence-corrected chi connectivity index (χ0v) is 24.3. The number of benzene rings is 4. The van der Waals surface area contributed by atoms with Crippen LogP contribution in [0.3, 0.4) is 0 Å². The number of hydrogen-bond donors (Lipinski definition) is 1. The summed E-state index contributed by atoms with van der Waals surface area (Å²) in [7, 11) is 0. The molecule has 6 rings (SSSR count). The van der Waals surface area contributed by atoms with Gasteiger partial charge in [0, 0.05) is 12.8 Å². The molecule has 220 valence electrons. The Hall–Kier alpha value is -5.24. The number of hydrogen-bond acceptors (Lipinski definition) is 6. The van der Waals surface area contributed by atoms with E-state index in [4.69, 9.17) is 0 Å². The van der Waals surface area contributed by atoms with Gasteiger partial charge in [0.25, 0.3) is 0 Å². The minimum atomic E-state index is -0.316. The maximum atomic E-state index is 4.55. The molecule has 8 nitrogen and oxygen atoms in total. The van der Waals surface area contributed by atoms with Crippen LogP contribution in [-0.4, -0.2) is 40.8 Å². The van der Waals surface area contributed by atoms with Gasteiger partial charge in [-0.3, -0.25) is 0 Å². The molecule has 8 heteroatoms. The molecule has 0 saturated heterocycles. The summed E-state index contributed by atoms with van der Waals surface area (Å²) in [6, 6.07) is 40.6. The fraction of sp³-hybridized carbons (Fsp3) is 0.200. The summed E-state index contributed by atoms with van der Waals surface area (Å²) in [6.45, 7) is 10.0. The third-order valence-corrected chi connectivity index (χ3v) is 6.50. The van der Waals surface area contributed by atoms with Crippen LogP contribution in [-0.2, 0) is 18.4 Å². The number of tetrazole rings is 2. The van der Waals surface area contributed by atoms with Crippen molar-refractivity contribution < 1.29 is 0 Å². The first-order valence-corrected chi connectivity index (χ1v) is 13.8. The molecule has 2 aromatic heterocycles. The average molecular weight is 573 g/mol. The molecule has 1 N–H and O–H groups in total. The van der Waals surface area contributed by atoms with Gasteiger partial charge in [0.05, 0.1) is 0 Å². The van der Waals surface area contributed by atoms with Gasteiger partial charge in [0.2, 0.25) is 0 Å². The smallest absolute Gasteiger partial charge is 0.177 e. The van der Waals surface area contributed by atoms with Crippen LogP contribution in [0.2, 0.25) is 0 Å². The average Bonchev–Trinajstić information content (AvgIpc) is 3.73. The van der Waals surface area contributed by atoms with Crippen LogP contribution in [0.25, 0.3) is 5.57 Å². The van der Waals surface area contributed by atoms with Crippen molar-refractivity contribution in [1.29, 1.82) is 0 Å². The van der Waals surface area contributed by atoms with E-state index in [2.05, 4.69) is 92.9 Å². The molecule has 43 heavy (non-hydrogen) atoms. The lowest BCUT2D eigenvalue weighted by atomic mass is 9.95. The van der Waals surface area contributed by atoms with Gasteiger partial charge in [-0.25, -0.2) is 0 Å². The first kappa shape index (κ1) is 32.3. The Bertz CT molecular complexity index is 1600. The summed E-state index contributed by atoms with van der Waals surface area (Å²) in [5, 5.41) is 26.6. The van der Waals surface area contributed by atoms with Gasteiger partial charge in [0.15, 0.2) is 11.6 Å². The first-order chi connectivity index (χ1) is 20.4. The summed E-state index contributed by atoms with van der Waals surface area (Å²) >= 11 is 0. The monoisotopic (exact) mass is 572 g/mol. The van der Waals surface area contributed by atoms with Crippen molar-refractivity contribution in [3.63, 3.8) is 0 Å². The third kappa shape index (κ3) is 9.97. The fourth-order valence-electron chi connectivity index (χ4n) is 4.05. The molecule has 6 aromatic rings. The number of nitrogens with one attached hydrogen (secondary N) is 1. The molecular weight excluding hydrogens is 532 g/mol. The van der Waals surface area contributed by atoms with Gasteiger partial charge >= 0.3 is 0 Å². The minimum absolute atomic E-state index is 0. The van der Waals surface area contributed by atoms with Crippen molar-refractivity contribution in [2.24, 2.45) is 0 Å². The maximum Gasteiger partial charge on any atom is 0.179 e. The SMILES string of the molecule is C.C=C(C)c1ccccc1.CC(C)(c1ccccc1)n1nnc(Cc2ccccc2)n1.c1ccc(Cc2nn[nH]n2)cc1. The maximum absolute atomic E-state index is 4.55. The van der Waals surface area contributed by atoms with Crippen molar-refractivity contribution in [1.82, 2.24) is 40.8 Å². The molecule has 0 saturated carbocycles. The quantitative estimate of drug-likeness (QED) is 0.217. The lowest BCUT2D eigenvalue weighted by Crippen LogP contribution is -2.30. The van der Waals surface area contributed by atoms with Crippen molar-refractivity contribution in [2.45, 2.75) is 46.6 Å². The second-order valence-electron chi connectivity index (χ2n) is 10.2. The van der Waals surface area contributed by atoms with E-state index in [1.165, 1.54) is 16.7 Å². The van der Waals surface area contributed by atoms with Crippen LogP contribution in [0.5, 0.6) is 0 Å². The molecular formula is C35H40N8. The molecule has 0 radical (unpaired) electrons. The number of nitrogens with zero attached hydrogens (tertiary/aromatic N) is 7. The summed E-state index contributed by atoms with van der Waals surface area (Å²) in [5.74, 6) is 1.46. The van der Waals surface area contributed by atoms with Gasteiger partial charge in [-0.05, 0) is 48.2 Å². The summed E-state index contributed by atoms with van der Waals surface area (Å²) < 4.78 is 0. The zero-order valence-electron chi connectivity index (χ0n) is 24.3. The number of rotatable bonds is 7. The highest BCUT2D eigenvalue weighted by atomic mass is 15.6. The van der Waals surface area contributed by atoms with Gasteiger partial charge < -0.3 is 0 Å². The van der Waals surface area contributed by atoms with Gasteiger partial charge in [-0.1, -0.05) is 146 Å². The molecule has 0 unspecified atom stereocenters. The van der Waals surface area contributed by atoms with E-state index in [0.717, 1.165) is 29.2 Å². The number of aromatic amines is 1. The molecule has 4 aromatic carbocycles. The lowest BCUT2D eigenvalue weighted by Gasteiger charge is -2.23. The largest absolute Gasteiger partial charge is 0.179 e. The lowest BCUT2D eigenvalue weighted by molar-refractivity contribution is 0.335. The van der Waals surface area contributed by atoms with Crippen LogP contribution < -0.4 is 0 Å². The highest BCUT2D eigenvalue weighted by Gasteiger charge is 2.25. The van der Waals surface area contributed by atoms with Crippen molar-refractivity contribution in [3.05, 3.63) is 162 Å². The number of aromatic nitrogens is 8. The van der Waals surface area contributed by atoms with Gasteiger partial charge in [-0.15, -0.1) is 20.4 Å². The molecule has 0 aliphatic heterocycles. The molecule has 0 atom stereocenters. The zero-order chi connectivity index (χ0) is 29.6. The summed E-state index contributed by atoms with van der Waals surface area (Å²) in [5.41, 5.74) is 5.57. The van der Waals surface area contributed by atoms with Crippen LogP contribution >= 0.6 is 0 Å². The Morgan fingerprint density at radius 2 is 1.19 bits per heavy atom. The molecule has 2 heterocycles. The summed E-state index contributed by atoms with van der Waals surface area (Å²) in [4.78, 5) is 1.70. The second kappa shape index (κ2) is 16.3. The van der Waals surface area contributed by atoms with E-state index in [0.29, 0.717) is 6.42 Å². The minimum Gasteiger partial charge on any atom is -0.177 e. The van der Waals surface area contributed by atoms with Crippen molar-refractivity contribution >= 4 is 5.57 Å². The van der Waals surface area contributed by atoms with E-state index >= 15 is 0 Å². The molecule has 0 amide bonds. The van der Waals surface area contributed by atoms with E-state index in [9.17, 15) is 0 Å². The van der Waals surface area contributed by atoms with Crippen LogP contribution in [0.4, 0.5) is 0 Å². The highest BCUT2D eigenvalue weighted by Crippen LogP contribution is 2.23. The second-order valence-corrected chi connectivity index (χ2v) is 10.2. The van der Waals surface area contributed by atoms with Crippen molar-refractivity contribution in [3.8, 4) is 0 Å². The Morgan fingerprint density at radius 3 is 1.65 bits per heavy atom. The Morgan fingerprint density at radius 1 is 0.698 bits per heavy atom. The van der Waals surface area contributed by atoms with E-state index in [1.54, 1.807) is 4.80 Å². The molecule has 0 fully saturated rings. The van der Waals surface area contributed by atoms with E-state index < -0.39 is 0 Å². The Kier molecular flexibility index (Phi) is 12.2. The fourth-order valence-corrected chi connectivity index (χ4v) is 4.05. The molecule has 0 aliphatic carbocycles. The van der Waals surface area contributed by atoms with Crippen LogP contribution in [0.15, 0.2) is 128 Å². The molecule has 0 aliphatic rings. The predicted octanol–water partition coefficient (Wildman–Crippen LogP) is 7.19. The highest BCUT2D eigenvalue weighted by molar-refractivity contribution is 5.60. The first-order valence-electron chi connectivity index (χ1n) is 13.8. The van der Waals surface area contributed by atoms with Crippen LogP contribution in [0.1, 0.15) is 62.1 Å².